The van der Waals surface area contributed by atoms with E-state index in [0.29, 0.717) is 52.6 Å². The quantitative estimate of drug-likeness (QED) is 0.203. The van der Waals surface area contributed by atoms with Crippen molar-refractivity contribution in [2.24, 2.45) is 0 Å². The third-order valence-corrected chi connectivity index (χ3v) is 6.88. The normalized spacial score (nSPS) is 19.4. The molecule has 0 spiro atoms. The van der Waals surface area contributed by atoms with Gasteiger partial charge >= 0.3 is 0 Å². The number of aliphatic hydroxyl groups excluding tert-OH is 3. The van der Waals surface area contributed by atoms with Gasteiger partial charge in [-0.05, 0) is 26.1 Å². The fourth-order valence-electron chi connectivity index (χ4n) is 4.60. The molecule has 1 unspecified atom stereocenters. The van der Waals surface area contributed by atoms with Crippen LogP contribution in [0.15, 0.2) is 0 Å². The second-order valence-corrected chi connectivity index (χ2v) is 9.64. The fourth-order valence-corrected chi connectivity index (χ4v) is 4.60. The van der Waals surface area contributed by atoms with Crippen LogP contribution < -0.4 is 0 Å². The van der Waals surface area contributed by atoms with Crippen molar-refractivity contribution in [3.63, 3.8) is 0 Å². The molecule has 0 aliphatic carbocycles. The lowest BCUT2D eigenvalue weighted by molar-refractivity contribution is 0.0233. The second-order valence-electron chi connectivity index (χ2n) is 9.64. The molecular weight excluding hydrogens is 462 g/mol. The van der Waals surface area contributed by atoms with E-state index in [1.165, 1.54) is 0 Å². The Labute approximate surface area is 220 Å². The van der Waals surface area contributed by atoms with Gasteiger partial charge in [-0.15, -0.1) is 0 Å². The average Bonchev–Trinajstić information content (AvgIpc) is 2.87. The first-order valence-corrected chi connectivity index (χ1v) is 14.2. The summed E-state index contributed by atoms with van der Waals surface area (Å²) < 4.78 is 10.9. The molecule has 1 aliphatic rings. The first kappa shape index (κ1) is 33.6. The maximum absolute atomic E-state index is 11.0. The molecule has 216 valence electrons. The van der Waals surface area contributed by atoms with Crippen molar-refractivity contribution in [1.82, 2.24) is 24.5 Å². The zero-order chi connectivity index (χ0) is 26.4. The second kappa shape index (κ2) is 22.6. The Morgan fingerprint density at radius 1 is 0.667 bits per heavy atom. The lowest BCUT2D eigenvalue weighted by Crippen LogP contribution is -2.48. The standard InChI is InChI=1S/C26H57N5O5/c1-4-7-29-12-10-27(5-2)8-9-28(6-3)11-14-30(15-13-29)24-26(34)25-31(16-20-35-22-18-32)17-21-36-23-19-33/h26,32-34H,4-25H2,1-3H3. The smallest absolute Gasteiger partial charge is 0.0793 e. The fraction of sp³-hybridized carbons (Fsp3) is 1.00. The zero-order valence-electron chi connectivity index (χ0n) is 23.5. The lowest BCUT2D eigenvalue weighted by atomic mass is 10.2. The van der Waals surface area contributed by atoms with E-state index in [-0.39, 0.29) is 13.2 Å². The molecule has 1 atom stereocenters. The van der Waals surface area contributed by atoms with Crippen LogP contribution in [-0.4, -0.2) is 184 Å². The van der Waals surface area contributed by atoms with Crippen molar-refractivity contribution >= 4 is 0 Å². The molecule has 10 heteroatoms. The highest BCUT2D eigenvalue weighted by molar-refractivity contribution is 4.75. The van der Waals surface area contributed by atoms with Gasteiger partial charge in [0.05, 0.1) is 45.7 Å². The highest BCUT2D eigenvalue weighted by Crippen LogP contribution is 2.04. The molecule has 3 N–H and O–H groups in total. The molecule has 0 radical (unpaired) electrons. The van der Waals surface area contributed by atoms with Crippen molar-refractivity contribution in [3.8, 4) is 0 Å². The van der Waals surface area contributed by atoms with Gasteiger partial charge in [0.2, 0.25) is 0 Å². The summed E-state index contributed by atoms with van der Waals surface area (Å²) in [6, 6.07) is 0. The summed E-state index contributed by atoms with van der Waals surface area (Å²) in [5, 5.41) is 28.9. The van der Waals surface area contributed by atoms with E-state index in [0.717, 1.165) is 78.4 Å². The van der Waals surface area contributed by atoms with Gasteiger partial charge in [0.25, 0.3) is 0 Å². The largest absolute Gasteiger partial charge is 0.394 e. The van der Waals surface area contributed by atoms with E-state index in [9.17, 15) is 5.11 Å². The molecule has 0 bridgehead atoms. The Kier molecular flexibility index (Phi) is 21.1. The Balaban J connectivity index is 2.71. The van der Waals surface area contributed by atoms with Crippen molar-refractivity contribution in [2.45, 2.75) is 33.3 Å². The molecule has 1 aliphatic heterocycles. The molecule has 0 aromatic carbocycles. The summed E-state index contributed by atoms with van der Waals surface area (Å²) in [6.45, 7) is 22.6. The monoisotopic (exact) mass is 519 g/mol. The summed E-state index contributed by atoms with van der Waals surface area (Å²) in [7, 11) is 0. The van der Waals surface area contributed by atoms with Crippen LogP contribution in [0.5, 0.6) is 0 Å². The topological polar surface area (TPSA) is 95.4 Å². The van der Waals surface area contributed by atoms with Crippen LogP contribution in [0.2, 0.25) is 0 Å². The van der Waals surface area contributed by atoms with Gasteiger partial charge < -0.3 is 39.5 Å². The maximum atomic E-state index is 11.0. The van der Waals surface area contributed by atoms with E-state index in [1.54, 1.807) is 0 Å². The molecular formula is C26H57N5O5. The third-order valence-electron chi connectivity index (χ3n) is 6.88. The molecule has 1 heterocycles. The van der Waals surface area contributed by atoms with Crippen LogP contribution >= 0.6 is 0 Å². The molecule has 1 rings (SSSR count). The summed E-state index contributed by atoms with van der Waals surface area (Å²) >= 11 is 0. The van der Waals surface area contributed by atoms with Crippen molar-refractivity contribution in [2.75, 3.05) is 138 Å². The van der Waals surface area contributed by atoms with Crippen LogP contribution in [0.4, 0.5) is 0 Å². The van der Waals surface area contributed by atoms with E-state index < -0.39 is 6.10 Å². The predicted molar refractivity (Wildman–Crippen MR) is 146 cm³/mol. The van der Waals surface area contributed by atoms with Crippen LogP contribution in [0.25, 0.3) is 0 Å². The maximum Gasteiger partial charge on any atom is 0.0793 e. The Morgan fingerprint density at radius 3 is 1.53 bits per heavy atom. The molecule has 1 fully saturated rings. The molecule has 10 nitrogen and oxygen atoms in total. The van der Waals surface area contributed by atoms with Crippen molar-refractivity contribution in [1.29, 1.82) is 0 Å². The van der Waals surface area contributed by atoms with E-state index >= 15 is 0 Å². The van der Waals surface area contributed by atoms with Crippen molar-refractivity contribution < 1.29 is 24.8 Å². The van der Waals surface area contributed by atoms with Gasteiger partial charge in [-0.3, -0.25) is 9.80 Å². The summed E-state index contributed by atoms with van der Waals surface area (Å²) in [6.07, 6.45) is 0.684. The minimum absolute atomic E-state index is 0.0114. The van der Waals surface area contributed by atoms with Gasteiger partial charge in [-0.2, -0.15) is 0 Å². The Bertz CT molecular complexity index is 482. The van der Waals surface area contributed by atoms with Crippen LogP contribution in [0.3, 0.4) is 0 Å². The number of nitrogens with zero attached hydrogens (tertiary/aromatic N) is 5. The van der Waals surface area contributed by atoms with Crippen molar-refractivity contribution in [3.05, 3.63) is 0 Å². The highest BCUT2D eigenvalue weighted by atomic mass is 16.5. The number of ether oxygens (including phenoxy) is 2. The highest BCUT2D eigenvalue weighted by Gasteiger charge is 2.19. The zero-order valence-corrected chi connectivity index (χ0v) is 23.5. The van der Waals surface area contributed by atoms with Gasteiger partial charge in [0.15, 0.2) is 0 Å². The van der Waals surface area contributed by atoms with E-state index in [2.05, 4.69) is 45.3 Å². The first-order valence-electron chi connectivity index (χ1n) is 14.2. The molecule has 0 aromatic rings. The van der Waals surface area contributed by atoms with Crippen LogP contribution in [0, 0.1) is 0 Å². The number of hydrogen-bond acceptors (Lipinski definition) is 10. The average molecular weight is 520 g/mol. The lowest BCUT2D eigenvalue weighted by Gasteiger charge is -2.35. The van der Waals surface area contributed by atoms with Gasteiger partial charge in [-0.25, -0.2) is 0 Å². The van der Waals surface area contributed by atoms with E-state index in [4.69, 9.17) is 19.7 Å². The predicted octanol–water partition coefficient (Wildman–Crippen LogP) is -0.661. The minimum atomic E-state index is -0.473. The van der Waals surface area contributed by atoms with Crippen LogP contribution in [0.1, 0.15) is 27.2 Å². The van der Waals surface area contributed by atoms with E-state index in [1.807, 2.05) is 0 Å². The third kappa shape index (κ3) is 16.4. The van der Waals surface area contributed by atoms with Gasteiger partial charge in [0.1, 0.15) is 0 Å². The molecule has 36 heavy (non-hydrogen) atoms. The molecule has 0 aromatic heterocycles. The first-order chi connectivity index (χ1) is 17.6. The Morgan fingerprint density at radius 2 is 1.11 bits per heavy atom. The number of rotatable bonds is 18. The van der Waals surface area contributed by atoms with Gasteiger partial charge in [0, 0.05) is 78.5 Å². The molecule has 0 amide bonds. The molecule has 0 saturated carbocycles. The number of likely N-dealkylation sites (N-methyl/N-ethyl adjacent to an activating group) is 2. The summed E-state index contributed by atoms with van der Waals surface area (Å²) in [4.78, 5) is 12.2. The summed E-state index contributed by atoms with van der Waals surface area (Å²) in [5.41, 5.74) is 0. The number of hydrogen-bond donors (Lipinski definition) is 3. The van der Waals surface area contributed by atoms with Crippen LogP contribution in [-0.2, 0) is 9.47 Å². The van der Waals surface area contributed by atoms with Gasteiger partial charge in [-0.1, -0.05) is 20.8 Å². The molecule has 1 saturated heterocycles. The Hall–Kier alpha value is -0.400. The summed E-state index contributed by atoms with van der Waals surface area (Å²) in [5.74, 6) is 0. The SMILES string of the molecule is CCCN1CCN(CC)CCN(CC)CCN(CC(O)CN(CCOCCO)CCOCCO)CC1. The minimum Gasteiger partial charge on any atom is -0.394 e. The number of β-amino-alcohol motifs (C(OH)–C–C–N with tert-alkyl or cyclic N) is 1. The number of aliphatic hydroxyl groups is 3.